The third-order valence-corrected chi connectivity index (χ3v) is 3.05. The van der Waals surface area contributed by atoms with Gasteiger partial charge in [0.15, 0.2) is 0 Å². The fourth-order valence-corrected chi connectivity index (χ4v) is 2.28. The monoisotopic (exact) mass is 235 g/mol. The minimum atomic E-state index is 0.320. The van der Waals surface area contributed by atoms with E-state index >= 15 is 0 Å². The van der Waals surface area contributed by atoms with Gasteiger partial charge in [-0.1, -0.05) is 6.42 Å². The molecule has 1 unspecified atom stereocenters. The molecule has 0 aromatic carbocycles. The molecule has 94 valence electrons. The van der Waals surface area contributed by atoms with Crippen LogP contribution in [0.25, 0.3) is 0 Å². The second kappa shape index (κ2) is 5.82. The minimum absolute atomic E-state index is 0.320. The minimum Gasteiger partial charge on any atom is -0.368 e. The Labute approximate surface area is 102 Å². The number of nitrogens with one attached hydrogen (secondary N) is 1. The second-order valence-electron chi connectivity index (χ2n) is 4.71. The number of nitrogen functional groups attached to an aromatic ring is 1. The van der Waals surface area contributed by atoms with Crippen LogP contribution in [0.5, 0.6) is 0 Å². The van der Waals surface area contributed by atoms with E-state index < -0.39 is 0 Å². The second-order valence-corrected chi connectivity index (χ2v) is 4.71. The van der Waals surface area contributed by atoms with Gasteiger partial charge in [-0.3, -0.25) is 0 Å². The fourth-order valence-electron chi connectivity index (χ4n) is 2.28. The molecular weight excluding hydrogens is 214 g/mol. The van der Waals surface area contributed by atoms with Gasteiger partial charge in [0, 0.05) is 18.8 Å². The standard InChI is InChI=1S/C12H21N5/c1-10(9-17-7-3-2-4-8-17)15-11-5-6-14-12(13)16-11/h5-6,10H,2-4,7-9H2,1H3,(H3,13,14,15,16). The van der Waals surface area contributed by atoms with Crippen LogP contribution in [-0.2, 0) is 0 Å². The quantitative estimate of drug-likeness (QED) is 0.824. The maximum atomic E-state index is 5.55. The van der Waals surface area contributed by atoms with Gasteiger partial charge in [0.05, 0.1) is 0 Å². The summed E-state index contributed by atoms with van der Waals surface area (Å²) in [7, 11) is 0. The first kappa shape index (κ1) is 12.1. The molecule has 2 heterocycles. The maximum absolute atomic E-state index is 5.55. The van der Waals surface area contributed by atoms with Gasteiger partial charge in [-0.15, -0.1) is 0 Å². The molecule has 2 rings (SSSR count). The summed E-state index contributed by atoms with van der Waals surface area (Å²) in [4.78, 5) is 10.5. The summed E-state index contributed by atoms with van der Waals surface area (Å²) in [6, 6.07) is 2.23. The summed E-state index contributed by atoms with van der Waals surface area (Å²) in [6.07, 6.45) is 5.71. The van der Waals surface area contributed by atoms with Crippen molar-refractivity contribution in [3.05, 3.63) is 12.3 Å². The smallest absolute Gasteiger partial charge is 0.221 e. The highest BCUT2D eigenvalue weighted by atomic mass is 15.2. The van der Waals surface area contributed by atoms with Crippen molar-refractivity contribution in [3.63, 3.8) is 0 Å². The largest absolute Gasteiger partial charge is 0.368 e. The van der Waals surface area contributed by atoms with E-state index in [-0.39, 0.29) is 0 Å². The molecule has 3 N–H and O–H groups in total. The summed E-state index contributed by atoms with van der Waals surface area (Å²) in [5.41, 5.74) is 5.55. The molecule has 1 aromatic rings. The van der Waals surface area contributed by atoms with Crippen molar-refractivity contribution in [2.75, 3.05) is 30.7 Å². The maximum Gasteiger partial charge on any atom is 0.221 e. The van der Waals surface area contributed by atoms with E-state index in [1.54, 1.807) is 6.20 Å². The zero-order valence-electron chi connectivity index (χ0n) is 10.4. The van der Waals surface area contributed by atoms with Crippen molar-refractivity contribution in [3.8, 4) is 0 Å². The van der Waals surface area contributed by atoms with Crippen molar-refractivity contribution < 1.29 is 0 Å². The number of piperidine rings is 1. The van der Waals surface area contributed by atoms with E-state index in [0.717, 1.165) is 12.4 Å². The van der Waals surface area contributed by atoms with E-state index in [0.29, 0.717) is 12.0 Å². The van der Waals surface area contributed by atoms with Crippen LogP contribution in [0.1, 0.15) is 26.2 Å². The molecule has 1 atom stereocenters. The van der Waals surface area contributed by atoms with E-state index in [2.05, 4.69) is 27.1 Å². The zero-order valence-corrected chi connectivity index (χ0v) is 10.4. The lowest BCUT2D eigenvalue weighted by atomic mass is 10.1. The lowest BCUT2D eigenvalue weighted by Gasteiger charge is -2.29. The van der Waals surface area contributed by atoms with Crippen molar-refractivity contribution in [1.29, 1.82) is 0 Å². The number of rotatable bonds is 4. The Balaban J connectivity index is 1.82. The van der Waals surface area contributed by atoms with Crippen LogP contribution < -0.4 is 11.1 Å². The summed E-state index contributed by atoms with van der Waals surface area (Å²) < 4.78 is 0. The van der Waals surface area contributed by atoms with E-state index in [1.807, 2.05) is 6.07 Å². The van der Waals surface area contributed by atoms with E-state index in [9.17, 15) is 0 Å². The molecule has 1 aromatic heterocycles. The van der Waals surface area contributed by atoms with Gasteiger partial charge < -0.3 is 16.0 Å². The molecule has 0 spiro atoms. The number of hydrogen-bond acceptors (Lipinski definition) is 5. The summed E-state index contributed by atoms with van der Waals surface area (Å²) >= 11 is 0. The molecule has 1 fully saturated rings. The Morgan fingerprint density at radius 1 is 1.41 bits per heavy atom. The fraction of sp³-hybridized carbons (Fsp3) is 0.667. The van der Waals surface area contributed by atoms with Crippen LogP contribution >= 0.6 is 0 Å². The van der Waals surface area contributed by atoms with Crippen LogP contribution in [0.2, 0.25) is 0 Å². The number of hydrogen-bond donors (Lipinski definition) is 2. The number of likely N-dealkylation sites (tertiary alicyclic amines) is 1. The topological polar surface area (TPSA) is 67.1 Å². The molecule has 17 heavy (non-hydrogen) atoms. The van der Waals surface area contributed by atoms with Crippen LogP contribution in [-0.4, -0.2) is 40.5 Å². The summed E-state index contributed by atoms with van der Waals surface area (Å²) in [6.45, 7) is 5.67. The van der Waals surface area contributed by atoms with E-state index in [1.165, 1.54) is 32.4 Å². The van der Waals surface area contributed by atoms with Gasteiger partial charge in [-0.25, -0.2) is 4.98 Å². The Hall–Kier alpha value is -1.36. The highest BCUT2D eigenvalue weighted by molar-refractivity contribution is 5.38. The molecule has 1 aliphatic rings. The first-order valence-electron chi connectivity index (χ1n) is 6.31. The third kappa shape index (κ3) is 3.85. The first-order chi connectivity index (χ1) is 8.24. The van der Waals surface area contributed by atoms with Crippen LogP contribution in [0.3, 0.4) is 0 Å². The molecule has 5 heteroatoms. The predicted octanol–water partition coefficient (Wildman–Crippen LogP) is 1.35. The molecule has 0 radical (unpaired) electrons. The molecular formula is C12H21N5. The van der Waals surface area contributed by atoms with Crippen molar-refractivity contribution in [1.82, 2.24) is 14.9 Å². The molecule has 1 aliphatic heterocycles. The normalized spacial score (nSPS) is 18.9. The van der Waals surface area contributed by atoms with Gasteiger partial charge in [-0.2, -0.15) is 4.98 Å². The molecule has 0 aliphatic carbocycles. The number of aromatic nitrogens is 2. The van der Waals surface area contributed by atoms with Crippen LogP contribution in [0.15, 0.2) is 12.3 Å². The Morgan fingerprint density at radius 3 is 2.88 bits per heavy atom. The average molecular weight is 235 g/mol. The van der Waals surface area contributed by atoms with Crippen LogP contribution in [0, 0.1) is 0 Å². The molecule has 0 amide bonds. The number of anilines is 2. The zero-order chi connectivity index (χ0) is 12.1. The Bertz CT molecular complexity index is 349. The predicted molar refractivity (Wildman–Crippen MR) is 69.8 cm³/mol. The number of nitrogens with zero attached hydrogens (tertiary/aromatic N) is 3. The van der Waals surface area contributed by atoms with Crippen molar-refractivity contribution in [2.24, 2.45) is 0 Å². The van der Waals surface area contributed by atoms with Gasteiger partial charge in [0.2, 0.25) is 5.95 Å². The number of nitrogens with two attached hydrogens (primary N) is 1. The molecule has 0 bridgehead atoms. The van der Waals surface area contributed by atoms with Crippen molar-refractivity contribution >= 4 is 11.8 Å². The van der Waals surface area contributed by atoms with Gasteiger partial charge >= 0.3 is 0 Å². The Morgan fingerprint density at radius 2 is 2.18 bits per heavy atom. The summed E-state index contributed by atoms with van der Waals surface area (Å²) in [5, 5.41) is 3.36. The Kier molecular flexibility index (Phi) is 4.14. The van der Waals surface area contributed by atoms with Crippen LogP contribution in [0.4, 0.5) is 11.8 Å². The highest BCUT2D eigenvalue weighted by Gasteiger charge is 2.13. The lowest BCUT2D eigenvalue weighted by Crippen LogP contribution is -2.38. The highest BCUT2D eigenvalue weighted by Crippen LogP contribution is 2.11. The SMILES string of the molecule is CC(CN1CCCCC1)Nc1ccnc(N)n1. The lowest BCUT2D eigenvalue weighted by molar-refractivity contribution is 0.223. The molecule has 0 saturated carbocycles. The van der Waals surface area contributed by atoms with Gasteiger partial charge in [-0.05, 0) is 38.9 Å². The average Bonchev–Trinajstić information content (AvgIpc) is 2.30. The molecule has 1 saturated heterocycles. The van der Waals surface area contributed by atoms with Gasteiger partial charge in [0.25, 0.3) is 0 Å². The van der Waals surface area contributed by atoms with Crippen molar-refractivity contribution in [2.45, 2.75) is 32.2 Å². The van der Waals surface area contributed by atoms with E-state index in [4.69, 9.17) is 5.73 Å². The first-order valence-corrected chi connectivity index (χ1v) is 6.31. The molecule has 5 nitrogen and oxygen atoms in total. The van der Waals surface area contributed by atoms with Gasteiger partial charge in [0.1, 0.15) is 5.82 Å². The summed E-state index contributed by atoms with van der Waals surface area (Å²) in [5.74, 6) is 1.13. The third-order valence-electron chi connectivity index (χ3n) is 3.05.